The minimum atomic E-state index is -1.12. The normalized spacial score (nSPS) is 10.5. The van der Waals surface area contributed by atoms with Gasteiger partial charge in [0.05, 0.1) is 11.9 Å². The maximum atomic E-state index is 11.3. The molecule has 0 aliphatic carbocycles. The highest BCUT2D eigenvalue weighted by Crippen LogP contribution is 2.29. The Hall–Kier alpha value is -2.74. The van der Waals surface area contributed by atoms with E-state index in [4.69, 9.17) is 4.74 Å². The van der Waals surface area contributed by atoms with Crippen molar-refractivity contribution in [2.75, 3.05) is 0 Å². The Morgan fingerprint density at radius 2 is 2.05 bits per heavy atom. The Labute approximate surface area is 123 Å². The second-order valence-electron chi connectivity index (χ2n) is 4.10. The van der Waals surface area contributed by atoms with E-state index in [-0.39, 0.29) is 16.6 Å². The number of aromatic nitrogens is 4. The van der Waals surface area contributed by atoms with Crippen LogP contribution in [0.2, 0.25) is 0 Å². The number of benzene rings is 1. The van der Waals surface area contributed by atoms with Crippen LogP contribution in [0.1, 0.15) is 15.4 Å². The molecule has 7 nitrogen and oxygen atoms in total. The third-order valence-corrected chi connectivity index (χ3v) is 3.36. The first-order chi connectivity index (χ1) is 10.1. The summed E-state index contributed by atoms with van der Waals surface area (Å²) in [7, 11) is 0. The number of nitrogens with zero attached hydrogens (tertiary/aromatic N) is 4. The number of rotatable bonds is 4. The van der Waals surface area contributed by atoms with Crippen molar-refractivity contribution in [2.45, 2.75) is 6.92 Å². The predicted molar refractivity (Wildman–Crippen MR) is 75.2 cm³/mol. The van der Waals surface area contributed by atoms with Gasteiger partial charge in [0.1, 0.15) is 10.6 Å². The molecule has 0 saturated heterocycles. The lowest BCUT2D eigenvalue weighted by molar-refractivity contribution is 0.0694. The molecule has 0 atom stereocenters. The quantitative estimate of drug-likeness (QED) is 0.796. The summed E-state index contributed by atoms with van der Waals surface area (Å²) in [5.41, 5.74) is 0.660. The van der Waals surface area contributed by atoms with Gasteiger partial charge >= 0.3 is 11.2 Å². The van der Waals surface area contributed by atoms with Crippen molar-refractivity contribution in [1.29, 1.82) is 0 Å². The van der Waals surface area contributed by atoms with Gasteiger partial charge in [0.2, 0.25) is 5.88 Å². The molecule has 0 unspecified atom stereocenters. The summed E-state index contributed by atoms with van der Waals surface area (Å²) in [6.07, 6.45) is 1.25. The van der Waals surface area contributed by atoms with Gasteiger partial charge in [0, 0.05) is 0 Å². The van der Waals surface area contributed by atoms with Gasteiger partial charge in [-0.3, -0.25) is 0 Å². The second kappa shape index (κ2) is 5.33. The van der Waals surface area contributed by atoms with Gasteiger partial charge in [-0.15, -0.1) is 5.10 Å². The van der Waals surface area contributed by atoms with Crippen LogP contribution in [0.3, 0.4) is 0 Å². The average Bonchev–Trinajstić information content (AvgIpc) is 3.07. The minimum absolute atomic E-state index is 0.0355. The molecule has 21 heavy (non-hydrogen) atoms. The van der Waals surface area contributed by atoms with E-state index in [9.17, 15) is 9.90 Å². The zero-order valence-electron chi connectivity index (χ0n) is 10.9. The number of hydrogen-bond donors (Lipinski definition) is 1. The summed E-state index contributed by atoms with van der Waals surface area (Å²) in [5.74, 6) is -1.02. The zero-order chi connectivity index (χ0) is 14.8. The maximum Gasteiger partial charge on any atom is 0.342 e. The van der Waals surface area contributed by atoms with E-state index in [2.05, 4.69) is 15.3 Å². The Balaban J connectivity index is 2.07. The lowest BCUT2D eigenvalue weighted by atomic mass is 10.3. The van der Waals surface area contributed by atoms with Gasteiger partial charge < -0.3 is 9.84 Å². The van der Waals surface area contributed by atoms with Crippen molar-refractivity contribution >= 4 is 17.3 Å². The molecule has 0 saturated carbocycles. The van der Waals surface area contributed by atoms with Crippen molar-refractivity contribution in [2.24, 2.45) is 0 Å². The van der Waals surface area contributed by atoms with Crippen LogP contribution < -0.4 is 4.74 Å². The monoisotopic (exact) mass is 302 g/mol. The van der Waals surface area contributed by atoms with Gasteiger partial charge in [-0.05, 0) is 19.1 Å². The molecule has 1 N–H and O–H groups in total. The van der Waals surface area contributed by atoms with Crippen LogP contribution >= 0.6 is 11.3 Å². The molecule has 0 fully saturated rings. The summed E-state index contributed by atoms with van der Waals surface area (Å²) in [6.45, 7) is 1.79. The Morgan fingerprint density at radius 3 is 2.67 bits per heavy atom. The molecule has 3 rings (SSSR count). The molecule has 2 aromatic heterocycles. The van der Waals surface area contributed by atoms with Gasteiger partial charge in [-0.2, -0.15) is 9.78 Å². The Bertz CT molecular complexity index is 782. The van der Waals surface area contributed by atoms with Crippen molar-refractivity contribution in [3.63, 3.8) is 0 Å². The van der Waals surface area contributed by atoms with Crippen molar-refractivity contribution in [3.8, 4) is 16.8 Å². The van der Waals surface area contributed by atoms with Gasteiger partial charge in [0.15, 0.2) is 0 Å². The SMILES string of the molecule is Cc1nnc(Oc2c(C(=O)O)cnn2-c2ccccc2)s1. The molecular weight excluding hydrogens is 292 g/mol. The number of carbonyl (C=O) groups is 1. The van der Waals surface area contributed by atoms with Crippen LogP contribution in [-0.4, -0.2) is 31.1 Å². The highest BCUT2D eigenvalue weighted by molar-refractivity contribution is 7.13. The van der Waals surface area contributed by atoms with Crippen LogP contribution in [0.25, 0.3) is 5.69 Å². The van der Waals surface area contributed by atoms with E-state index < -0.39 is 5.97 Å². The molecular formula is C13H10N4O3S. The predicted octanol–water partition coefficient (Wildman–Crippen LogP) is 2.52. The number of ether oxygens (including phenoxy) is 1. The fraction of sp³-hybridized carbons (Fsp3) is 0.0769. The summed E-state index contributed by atoms with van der Waals surface area (Å²) < 4.78 is 7.00. The molecule has 0 amide bonds. The molecule has 106 valence electrons. The molecule has 0 bridgehead atoms. The molecule has 8 heteroatoms. The van der Waals surface area contributed by atoms with E-state index in [1.54, 1.807) is 19.1 Å². The Kier molecular flexibility index (Phi) is 3.36. The topological polar surface area (TPSA) is 90.1 Å². The summed E-state index contributed by atoms with van der Waals surface area (Å²) in [6, 6.07) is 9.13. The van der Waals surface area contributed by atoms with Crippen LogP contribution in [0.15, 0.2) is 36.5 Å². The second-order valence-corrected chi connectivity index (χ2v) is 5.25. The summed E-state index contributed by atoms with van der Waals surface area (Å²) >= 11 is 1.23. The summed E-state index contributed by atoms with van der Waals surface area (Å²) in [5, 5.41) is 22.0. The third kappa shape index (κ3) is 2.61. The largest absolute Gasteiger partial charge is 0.477 e. The number of aryl methyl sites for hydroxylation is 1. The number of aromatic carboxylic acids is 1. The molecule has 0 aliphatic heterocycles. The molecule has 0 spiro atoms. The van der Waals surface area contributed by atoms with E-state index in [0.29, 0.717) is 5.69 Å². The maximum absolute atomic E-state index is 11.3. The highest BCUT2D eigenvalue weighted by Gasteiger charge is 2.21. The average molecular weight is 302 g/mol. The van der Waals surface area contributed by atoms with E-state index >= 15 is 0 Å². The Morgan fingerprint density at radius 1 is 1.29 bits per heavy atom. The first-order valence-electron chi connectivity index (χ1n) is 6.00. The summed E-state index contributed by atoms with van der Waals surface area (Å²) in [4.78, 5) is 11.3. The first kappa shape index (κ1) is 13.3. The van der Waals surface area contributed by atoms with Crippen molar-refractivity contribution < 1.29 is 14.6 Å². The van der Waals surface area contributed by atoms with Gasteiger partial charge in [-0.1, -0.05) is 34.6 Å². The molecule has 1 aromatic carbocycles. The van der Waals surface area contributed by atoms with Crippen LogP contribution in [0.4, 0.5) is 0 Å². The smallest absolute Gasteiger partial charge is 0.342 e. The minimum Gasteiger partial charge on any atom is -0.477 e. The van der Waals surface area contributed by atoms with Crippen LogP contribution in [-0.2, 0) is 0 Å². The standard InChI is InChI=1S/C13H10N4O3S/c1-8-15-16-13(21-8)20-11-10(12(18)19)7-14-17(11)9-5-3-2-4-6-9/h2-7H,1H3,(H,18,19). The van der Waals surface area contributed by atoms with Gasteiger partial charge in [0.25, 0.3) is 0 Å². The number of carboxylic acids is 1. The lowest BCUT2D eigenvalue weighted by Gasteiger charge is -2.07. The van der Waals surface area contributed by atoms with E-state index in [1.165, 1.54) is 22.2 Å². The first-order valence-corrected chi connectivity index (χ1v) is 6.81. The third-order valence-electron chi connectivity index (χ3n) is 2.65. The van der Waals surface area contributed by atoms with E-state index in [0.717, 1.165) is 5.01 Å². The molecule has 0 radical (unpaired) electrons. The lowest BCUT2D eigenvalue weighted by Crippen LogP contribution is -2.03. The fourth-order valence-electron chi connectivity index (χ4n) is 1.74. The van der Waals surface area contributed by atoms with E-state index in [1.807, 2.05) is 18.2 Å². The number of hydrogen-bond acceptors (Lipinski definition) is 6. The molecule has 0 aliphatic rings. The molecule has 2 heterocycles. The van der Waals surface area contributed by atoms with Crippen molar-refractivity contribution in [1.82, 2.24) is 20.0 Å². The highest BCUT2D eigenvalue weighted by atomic mass is 32.1. The zero-order valence-corrected chi connectivity index (χ0v) is 11.7. The number of carboxylic acid groups (broad SMARTS) is 1. The number of para-hydroxylation sites is 1. The van der Waals surface area contributed by atoms with Gasteiger partial charge in [-0.25, -0.2) is 4.79 Å². The fourth-order valence-corrected chi connectivity index (χ4v) is 2.27. The van der Waals surface area contributed by atoms with Crippen LogP contribution in [0.5, 0.6) is 11.1 Å². The van der Waals surface area contributed by atoms with Crippen molar-refractivity contribution in [3.05, 3.63) is 47.1 Å². The molecule has 3 aromatic rings. The van der Waals surface area contributed by atoms with Crippen LogP contribution in [0, 0.1) is 6.92 Å².